The van der Waals surface area contributed by atoms with Crippen LogP contribution in [0.5, 0.6) is 0 Å². The zero-order valence-electron chi connectivity index (χ0n) is 23.4. The Balaban J connectivity index is 0.000000183. The molecular formula is C33H26N6S4. The van der Waals surface area contributed by atoms with Gasteiger partial charge in [0.1, 0.15) is 15.9 Å². The number of thiazole rings is 2. The number of rotatable bonds is 6. The highest BCUT2D eigenvalue weighted by Crippen LogP contribution is 2.39. The first-order valence-corrected chi connectivity index (χ1v) is 16.7. The third-order valence-corrected chi connectivity index (χ3v) is 11.0. The highest BCUT2D eigenvalue weighted by atomic mass is 32.1. The molecule has 0 saturated heterocycles. The summed E-state index contributed by atoms with van der Waals surface area (Å²) in [6, 6.07) is 24.6. The average Bonchev–Trinajstić information content (AvgIpc) is 3.86. The molecule has 0 bridgehead atoms. The third kappa shape index (κ3) is 6.55. The second-order valence-electron chi connectivity index (χ2n) is 9.67. The fourth-order valence-electron chi connectivity index (χ4n) is 4.49. The Morgan fingerprint density at radius 3 is 1.93 bits per heavy atom. The van der Waals surface area contributed by atoms with E-state index in [-0.39, 0.29) is 0 Å². The maximum Gasteiger partial charge on any atom is 0.246 e. The molecule has 10 heteroatoms. The van der Waals surface area contributed by atoms with Gasteiger partial charge in [-0.2, -0.15) is 11.3 Å². The molecule has 0 fully saturated rings. The summed E-state index contributed by atoms with van der Waals surface area (Å²) in [4.78, 5) is 27.4. The van der Waals surface area contributed by atoms with E-state index >= 15 is 0 Å². The van der Waals surface area contributed by atoms with Gasteiger partial charge in [0.05, 0.1) is 40.0 Å². The van der Waals surface area contributed by atoms with Gasteiger partial charge in [0.25, 0.3) is 0 Å². The second-order valence-corrected chi connectivity index (χ2v) is 14.2. The maximum absolute atomic E-state index is 7.55. The van der Waals surface area contributed by atoms with Crippen molar-refractivity contribution in [2.75, 3.05) is 0 Å². The Hall–Kier alpha value is -4.27. The molecule has 1 aliphatic rings. The lowest BCUT2D eigenvalue weighted by atomic mass is 10.0. The largest absolute Gasteiger partial charge is 0.383 e. The Morgan fingerprint density at radius 1 is 0.837 bits per heavy atom. The minimum Gasteiger partial charge on any atom is -0.383 e. The topological polar surface area (TPSA) is 80.9 Å². The minimum atomic E-state index is 0.470. The first-order chi connectivity index (χ1) is 21.0. The molecule has 0 unspecified atom stereocenters. The van der Waals surface area contributed by atoms with Gasteiger partial charge in [0.2, 0.25) is 5.00 Å². The van der Waals surface area contributed by atoms with Gasteiger partial charge in [-0.15, -0.1) is 34.0 Å². The Kier molecular flexibility index (Phi) is 8.67. The summed E-state index contributed by atoms with van der Waals surface area (Å²) in [5.41, 5.74) is 11.1. The monoisotopic (exact) mass is 634 g/mol. The Bertz CT molecular complexity index is 1930. The fourth-order valence-corrected chi connectivity index (χ4v) is 8.17. The van der Waals surface area contributed by atoms with E-state index < -0.39 is 0 Å². The van der Waals surface area contributed by atoms with Crippen molar-refractivity contribution >= 4 is 61.9 Å². The second kappa shape index (κ2) is 12.9. The van der Waals surface area contributed by atoms with E-state index in [1.54, 1.807) is 34.0 Å². The quantitative estimate of drug-likeness (QED) is 0.147. The molecule has 0 aliphatic carbocycles. The molecule has 212 valence electrons. The van der Waals surface area contributed by atoms with E-state index in [4.69, 9.17) is 17.3 Å². The molecule has 1 aliphatic heterocycles. The van der Waals surface area contributed by atoms with Crippen LogP contribution in [-0.4, -0.2) is 21.5 Å². The van der Waals surface area contributed by atoms with Gasteiger partial charge in [-0.05, 0) is 37.1 Å². The van der Waals surface area contributed by atoms with Crippen molar-refractivity contribution in [3.05, 3.63) is 133 Å². The van der Waals surface area contributed by atoms with Gasteiger partial charge in [0, 0.05) is 33.3 Å². The summed E-state index contributed by atoms with van der Waals surface area (Å²) >= 11 is 6.55. The Morgan fingerprint density at radius 2 is 1.42 bits per heavy atom. The zero-order valence-corrected chi connectivity index (χ0v) is 26.7. The molecule has 43 heavy (non-hydrogen) atoms. The van der Waals surface area contributed by atoms with Crippen LogP contribution in [0.4, 0.5) is 5.00 Å². The zero-order chi connectivity index (χ0) is 29.8. The van der Waals surface area contributed by atoms with E-state index in [1.165, 1.54) is 31.5 Å². The molecule has 7 rings (SSSR count). The van der Waals surface area contributed by atoms with Gasteiger partial charge in [0.15, 0.2) is 0 Å². The van der Waals surface area contributed by atoms with Crippen molar-refractivity contribution in [3.8, 4) is 19.8 Å². The van der Waals surface area contributed by atoms with Crippen molar-refractivity contribution in [1.82, 2.24) is 9.97 Å². The molecule has 6 nitrogen and oxygen atoms in total. The smallest absolute Gasteiger partial charge is 0.246 e. The van der Waals surface area contributed by atoms with Gasteiger partial charge in [-0.3, -0.25) is 9.98 Å². The average molecular weight is 635 g/mol. The molecule has 2 aromatic carbocycles. The van der Waals surface area contributed by atoms with Crippen molar-refractivity contribution in [2.24, 2.45) is 15.7 Å². The number of aryl methyl sites for hydroxylation is 2. The predicted octanol–water partition coefficient (Wildman–Crippen LogP) is 9.17. The summed E-state index contributed by atoms with van der Waals surface area (Å²) in [7, 11) is 0. The number of fused-ring (bicyclic) bond motifs is 1. The highest BCUT2D eigenvalue weighted by Gasteiger charge is 2.19. The van der Waals surface area contributed by atoms with Crippen molar-refractivity contribution in [1.29, 1.82) is 0 Å². The molecule has 0 radical (unpaired) electrons. The summed E-state index contributed by atoms with van der Waals surface area (Å²) in [6.45, 7) is 12.9. The lowest BCUT2D eigenvalue weighted by Gasteiger charge is -2.07. The van der Waals surface area contributed by atoms with Crippen molar-refractivity contribution in [3.63, 3.8) is 0 Å². The number of thiophene rings is 2. The van der Waals surface area contributed by atoms with Crippen LogP contribution in [0.25, 0.3) is 24.6 Å². The van der Waals surface area contributed by atoms with Crippen molar-refractivity contribution in [2.45, 2.75) is 26.9 Å². The minimum absolute atomic E-state index is 0.470. The van der Waals surface area contributed by atoms with Gasteiger partial charge in [-0.1, -0.05) is 60.7 Å². The van der Waals surface area contributed by atoms with Crippen molar-refractivity contribution < 1.29 is 0 Å². The first-order valence-electron chi connectivity index (χ1n) is 13.4. The summed E-state index contributed by atoms with van der Waals surface area (Å²) in [5.74, 6) is 0.675. The molecule has 0 spiro atoms. The lowest BCUT2D eigenvalue weighted by molar-refractivity contribution is 1.08. The summed E-state index contributed by atoms with van der Waals surface area (Å²) in [5, 5.41) is 2.74. The number of amidine groups is 1. The summed E-state index contributed by atoms with van der Waals surface area (Å²) in [6.07, 6.45) is 3.78. The number of hydrogen-bond acceptors (Lipinski definition) is 9. The maximum atomic E-state index is 7.55. The predicted molar refractivity (Wildman–Crippen MR) is 183 cm³/mol. The lowest BCUT2D eigenvalue weighted by Crippen LogP contribution is -2.07. The van der Waals surface area contributed by atoms with Gasteiger partial charge in [-0.25, -0.2) is 14.8 Å². The molecular weight excluding hydrogens is 609 g/mol. The van der Waals surface area contributed by atoms with Crippen LogP contribution in [0, 0.1) is 20.4 Å². The fraction of sp³-hybridized carbons (Fsp3) is 0.121. The number of nitrogens with two attached hydrogens (primary N) is 1. The van der Waals surface area contributed by atoms with E-state index in [1.807, 2.05) is 55.7 Å². The van der Waals surface area contributed by atoms with E-state index in [0.717, 1.165) is 48.7 Å². The van der Waals surface area contributed by atoms with Crippen LogP contribution in [0.1, 0.15) is 36.9 Å². The molecule has 4 aromatic heterocycles. The third-order valence-electron chi connectivity index (χ3n) is 6.52. The number of aliphatic imine (C=N–C) groups is 2. The van der Waals surface area contributed by atoms with E-state index in [0.29, 0.717) is 17.4 Å². The molecule has 6 aromatic rings. The van der Waals surface area contributed by atoms with Gasteiger partial charge >= 0.3 is 0 Å². The standard InChI is InChI=1S/C23H17N3S2.C10H9N3S2/c1-16-14-26-23(27-16)20-13-19(22(24-2)28-20)15-25-21(17-9-5-3-6-10-17)18-11-7-4-8-12-18;1-5-3-13-10(14-5)7-2-6-4-12-9(11)8(6)15-7/h3-14H,15H2,1H3;2-3H,4H2,1H3,(H2,11,12). The van der Waals surface area contributed by atoms with E-state index in [9.17, 15) is 0 Å². The number of aromatic nitrogens is 2. The molecule has 2 N–H and O–H groups in total. The van der Waals surface area contributed by atoms with Crippen LogP contribution in [0.15, 0.2) is 95.2 Å². The van der Waals surface area contributed by atoms with Crippen LogP contribution in [0.2, 0.25) is 0 Å². The molecule has 0 amide bonds. The van der Waals surface area contributed by atoms with Crippen LogP contribution in [0.3, 0.4) is 0 Å². The SMILES string of the molecule is Cc1cnc(-c2cc3c(s2)C(N)=NC3)s1.[C-]#[N+]c1sc(-c2ncc(C)s2)cc1CN=C(c1ccccc1)c1ccccc1. The number of hydrogen-bond donors (Lipinski definition) is 1. The molecule has 0 saturated carbocycles. The van der Waals surface area contributed by atoms with Crippen LogP contribution >= 0.6 is 45.3 Å². The summed E-state index contributed by atoms with van der Waals surface area (Å²) < 4.78 is 0. The first kappa shape index (κ1) is 28.8. The number of nitrogens with zero attached hydrogens (tertiary/aromatic N) is 5. The van der Waals surface area contributed by atoms with Gasteiger partial charge < -0.3 is 5.73 Å². The molecule has 0 atom stereocenters. The highest BCUT2D eigenvalue weighted by molar-refractivity contribution is 7.24. The number of benzene rings is 2. The van der Waals surface area contributed by atoms with Crippen LogP contribution in [-0.2, 0) is 13.1 Å². The van der Waals surface area contributed by atoms with Crippen LogP contribution < -0.4 is 5.73 Å². The Labute approximate surface area is 266 Å². The normalized spacial score (nSPS) is 11.7. The van der Waals surface area contributed by atoms with E-state index in [2.05, 4.69) is 63.1 Å². The molecule has 5 heterocycles.